The molecule has 0 saturated carbocycles. The summed E-state index contributed by atoms with van der Waals surface area (Å²) < 4.78 is 44.6. The third-order valence-electron chi connectivity index (χ3n) is 4.32. The van der Waals surface area contributed by atoms with Crippen molar-refractivity contribution in [1.82, 2.24) is 4.90 Å². The molecule has 0 radical (unpaired) electrons. The Bertz CT molecular complexity index is 826. The number of fused-ring (bicyclic) bond motifs is 1. The Kier molecular flexibility index (Phi) is 5.90. The minimum absolute atomic E-state index is 0. The molecule has 0 spiro atoms. The summed E-state index contributed by atoms with van der Waals surface area (Å²) >= 11 is 6.06. The number of hydrogen-bond acceptors (Lipinski definition) is 6. The topological polar surface area (TPSA) is 82.4 Å². The number of aryl methyl sites for hydroxylation is 1. The van der Waals surface area contributed by atoms with Gasteiger partial charge in [-0.2, -0.15) is 0 Å². The summed E-state index contributed by atoms with van der Waals surface area (Å²) in [5.41, 5.74) is 1.06. The standard InChI is InChI=1S/C18H21ClNO5.Na/c1-3-24-18-16(23)14(21)15(22)17(25-18)20-7-6-11-4-5-12(19)8-13(11)10(2)9-20;/h4-5,8,10,14-18,21-23H,6-7,9H2,2H3;/q-1;+1/t10-,14+,15+,16-,17+,18-;/m0./s1/i7D2,9D2;. The normalized spacial score (nSPS) is 40.9. The van der Waals surface area contributed by atoms with Gasteiger partial charge in [-0.15, -0.1) is 6.11 Å². The van der Waals surface area contributed by atoms with E-state index in [4.69, 9.17) is 33.0 Å². The molecule has 1 saturated heterocycles. The number of benzene rings is 1. The van der Waals surface area contributed by atoms with Gasteiger partial charge in [0.15, 0.2) is 0 Å². The molecule has 3 N–H and O–H groups in total. The second-order valence-electron chi connectivity index (χ2n) is 5.99. The van der Waals surface area contributed by atoms with Crippen molar-refractivity contribution in [2.24, 2.45) is 0 Å². The van der Waals surface area contributed by atoms with Crippen LogP contribution in [0.5, 0.6) is 0 Å². The van der Waals surface area contributed by atoms with Crippen LogP contribution in [0.3, 0.4) is 0 Å². The molecule has 0 bridgehead atoms. The fourth-order valence-electron chi connectivity index (χ4n) is 2.99. The number of ether oxygens (including phenoxy) is 2. The van der Waals surface area contributed by atoms with Crippen molar-refractivity contribution in [3.8, 4) is 6.11 Å². The Morgan fingerprint density at radius 3 is 2.77 bits per heavy atom. The molecule has 2 aliphatic rings. The zero-order chi connectivity index (χ0) is 21.7. The van der Waals surface area contributed by atoms with E-state index < -0.39 is 49.7 Å². The maximum absolute atomic E-state index is 10.5. The first-order valence-electron chi connectivity index (χ1n) is 9.76. The third kappa shape index (κ3) is 4.39. The van der Waals surface area contributed by atoms with Gasteiger partial charge >= 0.3 is 29.6 Å². The molecule has 2 aliphatic heterocycles. The Hall–Kier alpha value is -0.330. The summed E-state index contributed by atoms with van der Waals surface area (Å²) in [7, 11) is 0. The van der Waals surface area contributed by atoms with Gasteiger partial charge in [0.25, 0.3) is 0 Å². The number of rotatable bonds is 2. The van der Waals surface area contributed by atoms with Gasteiger partial charge in [-0.05, 0) is 35.6 Å². The van der Waals surface area contributed by atoms with Crippen LogP contribution in [0.4, 0.5) is 0 Å². The molecular formula is C18H21ClNNaO5. The molecule has 0 aromatic heterocycles. The zero-order valence-electron chi connectivity index (χ0n) is 18.4. The van der Waals surface area contributed by atoms with Gasteiger partial charge in [0.1, 0.15) is 24.5 Å². The Morgan fingerprint density at radius 2 is 2.08 bits per heavy atom. The summed E-state index contributed by atoms with van der Waals surface area (Å²) in [5, 5.41) is 31.1. The first-order valence-corrected chi connectivity index (χ1v) is 8.14. The van der Waals surface area contributed by atoms with Crippen LogP contribution in [0.1, 0.15) is 29.5 Å². The molecule has 8 heteroatoms. The Labute approximate surface area is 186 Å². The van der Waals surface area contributed by atoms with Crippen LogP contribution in [0.15, 0.2) is 18.2 Å². The van der Waals surface area contributed by atoms with Gasteiger partial charge < -0.3 is 31.2 Å². The van der Waals surface area contributed by atoms with Gasteiger partial charge in [-0.1, -0.05) is 24.6 Å². The zero-order valence-corrected chi connectivity index (χ0v) is 17.1. The van der Waals surface area contributed by atoms with E-state index in [1.54, 1.807) is 31.2 Å². The molecule has 136 valence electrons. The van der Waals surface area contributed by atoms with E-state index in [2.05, 4.69) is 0 Å². The minimum atomic E-state index is -2.40. The van der Waals surface area contributed by atoms with Crippen LogP contribution in [-0.4, -0.2) is 64.0 Å². The van der Waals surface area contributed by atoms with E-state index >= 15 is 0 Å². The summed E-state index contributed by atoms with van der Waals surface area (Å²) in [5.74, 6) is -0.887. The summed E-state index contributed by atoms with van der Waals surface area (Å²) in [6.45, 7) is -3.20. The van der Waals surface area contributed by atoms with Crippen LogP contribution < -0.4 is 29.6 Å². The van der Waals surface area contributed by atoms with E-state index in [-0.39, 0.29) is 36.0 Å². The molecular weight excluding hydrogens is 369 g/mol. The fraction of sp³-hybridized carbons (Fsp3) is 0.556. The number of aliphatic hydroxyl groups is 3. The van der Waals surface area contributed by atoms with E-state index in [1.165, 1.54) is 0 Å². The van der Waals surface area contributed by atoms with Crippen molar-refractivity contribution < 1.29 is 59.8 Å². The van der Waals surface area contributed by atoms with Gasteiger partial charge in [-0.25, -0.2) is 0 Å². The van der Waals surface area contributed by atoms with Crippen LogP contribution in [-0.2, 0) is 15.9 Å². The number of halogens is 1. The molecule has 26 heavy (non-hydrogen) atoms. The van der Waals surface area contributed by atoms with Gasteiger partial charge in [0.2, 0.25) is 6.29 Å². The average Bonchev–Trinajstić information content (AvgIpc) is 2.68. The van der Waals surface area contributed by atoms with Crippen LogP contribution in [0, 0.1) is 12.5 Å². The van der Waals surface area contributed by atoms with Crippen molar-refractivity contribution in [2.45, 2.75) is 50.1 Å². The van der Waals surface area contributed by atoms with Crippen LogP contribution in [0.2, 0.25) is 5.02 Å². The monoisotopic (exact) mass is 393 g/mol. The Balaban J connectivity index is 0.00000320. The SMILES string of the molecule is [2H]C1([2H])Cc2ccc(Cl)cc2[C@@H](C)C([2H])([2H])N1[C@@H]1O[C@H](OC#[C-])[C@@H](O)[C@H](O)[C@H]1O.[Na+]. The largest absolute Gasteiger partial charge is 1.00 e. The van der Waals surface area contributed by atoms with Crippen molar-refractivity contribution >= 4 is 11.6 Å². The summed E-state index contributed by atoms with van der Waals surface area (Å²) in [6, 6.07) is 4.79. The van der Waals surface area contributed by atoms with Crippen molar-refractivity contribution in [3.63, 3.8) is 0 Å². The molecule has 1 aromatic carbocycles. The minimum Gasteiger partial charge on any atom is -0.648 e. The molecule has 0 unspecified atom stereocenters. The number of aliphatic hydroxyl groups excluding tert-OH is 3. The van der Waals surface area contributed by atoms with Crippen molar-refractivity contribution in [1.29, 1.82) is 0 Å². The molecule has 0 amide bonds. The molecule has 2 heterocycles. The number of nitrogens with zero attached hydrogens (tertiary/aromatic N) is 1. The maximum atomic E-state index is 10.5. The van der Waals surface area contributed by atoms with Gasteiger partial charge in [0.05, 0.1) is 0 Å². The fourth-order valence-corrected chi connectivity index (χ4v) is 3.17. The van der Waals surface area contributed by atoms with E-state index in [9.17, 15) is 15.3 Å². The van der Waals surface area contributed by atoms with E-state index in [0.717, 1.165) is 0 Å². The van der Waals surface area contributed by atoms with Gasteiger partial charge in [-0.3, -0.25) is 4.90 Å². The van der Waals surface area contributed by atoms with E-state index in [0.29, 0.717) is 21.0 Å². The third-order valence-corrected chi connectivity index (χ3v) is 4.56. The first kappa shape index (κ1) is 16.6. The van der Waals surface area contributed by atoms with E-state index in [1.807, 2.05) is 0 Å². The van der Waals surface area contributed by atoms with Gasteiger partial charge in [0, 0.05) is 23.5 Å². The smallest absolute Gasteiger partial charge is 0.648 e. The van der Waals surface area contributed by atoms with Crippen molar-refractivity contribution in [2.75, 3.05) is 13.0 Å². The molecule has 0 aliphatic carbocycles. The van der Waals surface area contributed by atoms with Crippen LogP contribution >= 0.6 is 11.6 Å². The second-order valence-corrected chi connectivity index (χ2v) is 6.42. The molecule has 6 atom stereocenters. The predicted molar refractivity (Wildman–Crippen MR) is 90.0 cm³/mol. The second kappa shape index (κ2) is 9.24. The average molecular weight is 394 g/mol. The Morgan fingerprint density at radius 1 is 1.35 bits per heavy atom. The number of hydrogen-bond donors (Lipinski definition) is 3. The molecule has 1 aromatic rings. The summed E-state index contributed by atoms with van der Waals surface area (Å²) in [6.07, 6.45) is -0.547. The molecule has 1 fully saturated rings. The molecule has 6 nitrogen and oxygen atoms in total. The summed E-state index contributed by atoms with van der Waals surface area (Å²) in [4.78, 5) is 0.707. The first-order chi connectivity index (χ1) is 13.4. The molecule has 3 rings (SSSR count). The van der Waals surface area contributed by atoms with Crippen LogP contribution in [0.25, 0.3) is 0 Å². The van der Waals surface area contributed by atoms with Crippen molar-refractivity contribution in [3.05, 3.63) is 40.8 Å². The maximum Gasteiger partial charge on any atom is 1.00 e. The quantitative estimate of drug-likeness (QED) is 0.296. The predicted octanol–water partition coefficient (Wildman–Crippen LogP) is -2.37.